The van der Waals surface area contributed by atoms with Crippen molar-refractivity contribution in [2.45, 2.75) is 32.7 Å². The summed E-state index contributed by atoms with van der Waals surface area (Å²) in [6.07, 6.45) is 7.42. The molecule has 1 aliphatic rings. The molecular formula is C37H37N3O5S. The number of Topliss-reactive ketones (excluding diaryl/α,β-unsaturated/α-hetero) is 1. The molecule has 0 radical (unpaired) electrons. The lowest BCUT2D eigenvalue weighted by molar-refractivity contribution is 0.0612. The van der Waals surface area contributed by atoms with Gasteiger partial charge in [0, 0.05) is 65.7 Å². The molecule has 0 bridgehead atoms. The number of hydrogen-bond acceptors (Lipinski definition) is 8. The van der Waals surface area contributed by atoms with Crippen molar-refractivity contribution in [2.75, 3.05) is 33.2 Å². The van der Waals surface area contributed by atoms with Gasteiger partial charge in [-0.3, -0.25) is 9.59 Å². The average Bonchev–Trinajstić information content (AvgIpc) is 3.52. The van der Waals surface area contributed by atoms with E-state index in [0.29, 0.717) is 28.8 Å². The Bertz CT molecular complexity index is 1920. The van der Waals surface area contributed by atoms with Crippen molar-refractivity contribution < 1.29 is 19.0 Å². The Morgan fingerprint density at radius 3 is 2.37 bits per heavy atom. The number of thiophene rings is 1. The van der Waals surface area contributed by atoms with Gasteiger partial charge in [-0.05, 0) is 72.7 Å². The number of nitrogens with zero attached hydrogens (tertiary/aromatic N) is 2. The van der Waals surface area contributed by atoms with Crippen molar-refractivity contribution in [1.29, 1.82) is 0 Å². The summed E-state index contributed by atoms with van der Waals surface area (Å²) in [5.41, 5.74) is 11.1. The molecule has 1 aliphatic heterocycles. The molecule has 236 valence electrons. The van der Waals surface area contributed by atoms with Crippen LogP contribution in [-0.4, -0.2) is 42.8 Å². The number of ketones is 1. The fourth-order valence-electron chi connectivity index (χ4n) is 5.88. The van der Waals surface area contributed by atoms with Gasteiger partial charge >= 0.3 is 0 Å². The Kier molecular flexibility index (Phi) is 9.33. The summed E-state index contributed by atoms with van der Waals surface area (Å²) < 4.78 is 18.4. The molecular weight excluding hydrogens is 598 g/mol. The molecule has 0 amide bonds. The van der Waals surface area contributed by atoms with Crippen LogP contribution >= 0.6 is 11.3 Å². The van der Waals surface area contributed by atoms with E-state index in [9.17, 15) is 9.59 Å². The van der Waals surface area contributed by atoms with Crippen LogP contribution in [0.5, 0.6) is 11.5 Å². The first-order valence-electron chi connectivity index (χ1n) is 15.3. The van der Waals surface area contributed by atoms with Crippen molar-refractivity contribution in [3.8, 4) is 44.2 Å². The zero-order valence-corrected chi connectivity index (χ0v) is 27.1. The number of rotatable bonds is 10. The second kappa shape index (κ2) is 13.7. The molecule has 0 saturated carbocycles. The molecule has 2 aromatic carbocycles. The highest BCUT2D eigenvalue weighted by molar-refractivity contribution is 7.15. The molecule has 46 heavy (non-hydrogen) atoms. The Morgan fingerprint density at radius 1 is 0.935 bits per heavy atom. The maximum absolute atomic E-state index is 13.7. The first-order valence-corrected chi connectivity index (χ1v) is 16.1. The standard InChI is InChI=1S/C37H37N3O5S/c1-23-4-11-35(46-23)31-22-40(20-25-12-14-45-15-13-25)21-30(36(31)42)32(41)16-24-5-7-26(8-6-24)29-17-28(19-39-37(29)38)27-9-10-33(43-2)34(18-27)44-3/h4-11,17-19,21-22,25H,12-16,20H2,1-3H3,(H2,38,39). The molecule has 3 aromatic heterocycles. The second-order valence-electron chi connectivity index (χ2n) is 11.6. The quantitative estimate of drug-likeness (QED) is 0.164. The van der Waals surface area contributed by atoms with Crippen LogP contribution in [0.2, 0.25) is 0 Å². The third-order valence-corrected chi connectivity index (χ3v) is 9.49. The topological polar surface area (TPSA) is 106 Å². The molecule has 6 rings (SSSR count). The van der Waals surface area contributed by atoms with E-state index in [1.807, 2.05) is 78.4 Å². The lowest BCUT2D eigenvalue weighted by atomic mass is 9.97. The SMILES string of the molecule is COc1ccc(-c2cnc(N)c(-c3ccc(CC(=O)c4cn(CC5CCOCC5)cc(-c5ccc(C)s5)c4=O)cc3)c2)cc1OC. The number of nitrogens with two attached hydrogens (primary N) is 1. The van der Waals surface area contributed by atoms with Crippen LogP contribution in [0.4, 0.5) is 5.82 Å². The highest BCUT2D eigenvalue weighted by Crippen LogP contribution is 2.35. The average molecular weight is 636 g/mol. The first-order chi connectivity index (χ1) is 22.3. The Labute approximate surface area is 272 Å². The molecule has 2 N–H and O–H groups in total. The monoisotopic (exact) mass is 635 g/mol. The lowest BCUT2D eigenvalue weighted by Gasteiger charge is -2.23. The van der Waals surface area contributed by atoms with Crippen molar-refractivity contribution in [1.82, 2.24) is 9.55 Å². The highest BCUT2D eigenvalue weighted by atomic mass is 32.1. The first kappa shape index (κ1) is 31.3. The second-order valence-corrected chi connectivity index (χ2v) is 12.9. The van der Waals surface area contributed by atoms with E-state index in [1.54, 1.807) is 38.0 Å². The summed E-state index contributed by atoms with van der Waals surface area (Å²) >= 11 is 1.57. The van der Waals surface area contributed by atoms with E-state index in [1.165, 1.54) is 0 Å². The maximum atomic E-state index is 13.7. The minimum Gasteiger partial charge on any atom is -0.493 e. The predicted octanol–water partition coefficient (Wildman–Crippen LogP) is 7.07. The number of methoxy groups -OCH3 is 2. The summed E-state index contributed by atoms with van der Waals surface area (Å²) in [7, 11) is 3.20. The molecule has 1 fully saturated rings. The van der Waals surface area contributed by atoms with Crippen molar-refractivity contribution in [2.24, 2.45) is 5.92 Å². The predicted molar refractivity (Wildman–Crippen MR) is 183 cm³/mol. The molecule has 0 aliphatic carbocycles. The number of pyridine rings is 2. The number of hydrogen-bond donors (Lipinski definition) is 1. The van der Waals surface area contributed by atoms with E-state index in [4.69, 9.17) is 19.9 Å². The smallest absolute Gasteiger partial charge is 0.200 e. The molecule has 9 heteroatoms. The van der Waals surface area contributed by atoms with Crippen LogP contribution < -0.4 is 20.6 Å². The molecule has 1 saturated heterocycles. The van der Waals surface area contributed by atoms with E-state index in [2.05, 4.69) is 4.98 Å². The number of benzene rings is 2. The molecule has 0 spiro atoms. The minimum absolute atomic E-state index is 0.110. The fourth-order valence-corrected chi connectivity index (χ4v) is 6.75. The Hall–Kier alpha value is -4.73. The highest BCUT2D eigenvalue weighted by Gasteiger charge is 2.20. The number of anilines is 1. The van der Waals surface area contributed by atoms with Gasteiger partial charge in [-0.25, -0.2) is 4.98 Å². The van der Waals surface area contributed by atoms with Gasteiger partial charge in [0.1, 0.15) is 5.82 Å². The summed E-state index contributed by atoms with van der Waals surface area (Å²) in [5, 5.41) is 0. The van der Waals surface area contributed by atoms with Gasteiger partial charge in [0.15, 0.2) is 17.3 Å². The van der Waals surface area contributed by atoms with Crippen molar-refractivity contribution in [3.63, 3.8) is 0 Å². The van der Waals surface area contributed by atoms with Crippen molar-refractivity contribution >= 4 is 22.9 Å². The zero-order valence-electron chi connectivity index (χ0n) is 26.2. The number of carbonyl (C=O) groups excluding carboxylic acids is 1. The third kappa shape index (κ3) is 6.76. The number of carbonyl (C=O) groups is 1. The van der Waals surface area contributed by atoms with E-state index >= 15 is 0 Å². The van der Waals surface area contributed by atoms with Crippen LogP contribution in [0.1, 0.15) is 33.6 Å². The van der Waals surface area contributed by atoms with Crippen LogP contribution in [-0.2, 0) is 17.7 Å². The van der Waals surface area contributed by atoms with Crippen LogP contribution in [0, 0.1) is 12.8 Å². The fraction of sp³-hybridized carbons (Fsp3) is 0.270. The van der Waals surface area contributed by atoms with Gasteiger partial charge in [0.05, 0.1) is 25.3 Å². The molecule has 0 atom stereocenters. The van der Waals surface area contributed by atoms with Gasteiger partial charge < -0.3 is 24.5 Å². The normalized spacial score (nSPS) is 13.5. The van der Waals surface area contributed by atoms with E-state index < -0.39 is 0 Å². The summed E-state index contributed by atoms with van der Waals surface area (Å²) in [6.45, 7) is 4.25. The number of aromatic nitrogens is 2. The van der Waals surface area contributed by atoms with Gasteiger partial charge in [0.2, 0.25) is 5.43 Å². The Morgan fingerprint density at radius 2 is 1.67 bits per heavy atom. The largest absolute Gasteiger partial charge is 0.493 e. The van der Waals surface area contributed by atoms with E-state index in [0.717, 1.165) is 70.2 Å². The van der Waals surface area contributed by atoms with Gasteiger partial charge in [-0.2, -0.15) is 0 Å². The summed E-state index contributed by atoms with van der Waals surface area (Å²) in [6, 6.07) is 19.3. The molecule has 0 unspecified atom stereocenters. The van der Waals surface area contributed by atoms with Gasteiger partial charge in [-0.15, -0.1) is 11.3 Å². The summed E-state index contributed by atoms with van der Waals surface area (Å²) in [5.74, 6) is 1.91. The van der Waals surface area contributed by atoms with Crippen molar-refractivity contribution in [3.05, 3.63) is 105 Å². The van der Waals surface area contributed by atoms with E-state index in [-0.39, 0.29) is 23.2 Å². The number of aryl methyl sites for hydroxylation is 1. The van der Waals surface area contributed by atoms with Crippen LogP contribution in [0.3, 0.4) is 0 Å². The Balaban J connectivity index is 1.26. The van der Waals surface area contributed by atoms with Gasteiger partial charge in [0.25, 0.3) is 0 Å². The van der Waals surface area contributed by atoms with Gasteiger partial charge in [-0.1, -0.05) is 30.3 Å². The lowest BCUT2D eigenvalue weighted by Crippen LogP contribution is -2.24. The molecule has 5 aromatic rings. The number of nitrogen functional groups attached to an aromatic ring is 1. The zero-order chi connectivity index (χ0) is 32.2. The minimum atomic E-state index is -0.225. The van der Waals surface area contributed by atoms with Crippen LogP contribution in [0.15, 0.2) is 84.0 Å². The number of ether oxygens (including phenoxy) is 3. The van der Waals surface area contributed by atoms with Crippen LogP contribution in [0.25, 0.3) is 32.7 Å². The molecule has 8 nitrogen and oxygen atoms in total. The summed E-state index contributed by atoms with van der Waals surface area (Å²) in [4.78, 5) is 33.8. The molecule has 4 heterocycles. The third-order valence-electron chi connectivity index (χ3n) is 8.46. The maximum Gasteiger partial charge on any atom is 0.200 e.